The van der Waals surface area contributed by atoms with E-state index >= 15 is 0 Å². The van der Waals surface area contributed by atoms with Gasteiger partial charge in [-0.15, -0.1) is 5.10 Å². The van der Waals surface area contributed by atoms with E-state index in [0.717, 1.165) is 44.1 Å². The number of carbonyl (C=O) groups is 1. The van der Waals surface area contributed by atoms with Crippen LogP contribution in [0.3, 0.4) is 0 Å². The minimum absolute atomic E-state index is 0.388. The molecule has 0 amide bonds. The third kappa shape index (κ3) is 8.00. The second-order valence-electron chi connectivity index (χ2n) is 7.12. The van der Waals surface area contributed by atoms with Gasteiger partial charge in [0.05, 0.1) is 18.9 Å². The molecule has 0 saturated carbocycles. The van der Waals surface area contributed by atoms with E-state index < -0.39 is 12.1 Å². The molecule has 2 N–H and O–H groups in total. The van der Waals surface area contributed by atoms with Crippen molar-refractivity contribution >= 4 is 11.9 Å². The molecule has 2 aromatic rings. The van der Waals surface area contributed by atoms with Gasteiger partial charge in [-0.3, -0.25) is 4.68 Å². The maximum absolute atomic E-state index is 10.6. The number of aliphatic hydroxyl groups excluding tert-OH is 1. The summed E-state index contributed by atoms with van der Waals surface area (Å²) in [5, 5.41) is 24.8. The van der Waals surface area contributed by atoms with Gasteiger partial charge in [-0.2, -0.15) is 18.2 Å². The van der Waals surface area contributed by atoms with Gasteiger partial charge in [-0.05, 0) is 25.7 Å². The molecule has 1 aliphatic heterocycles. The Balaban J connectivity index is 0.000000423. The van der Waals surface area contributed by atoms with Crippen molar-refractivity contribution in [2.45, 2.75) is 45.0 Å². The number of methoxy groups -OCH3 is 1. The highest BCUT2D eigenvalue weighted by atomic mass is 19.4. The molecular formula is C18H25F3N6O4. The third-order valence-electron chi connectivity index (χ3n) is 4.50. The molecule has 13 heteroatoms. The van der Waals surface area contributed by atoms with E-state index in [9.17, 15) is 18.3 Å². The topological polar surface area (TPSA) is 126 Å². The van der Waals surface area contributed by atoms with Gasteiger partial charge < -0.3 is 19.8 Å². The first-order valence-corrected chi connectivity index (χ1v) is 9.57. The van der Waals surface area contributed by atoms with E-state index in [1.165, 1.54) is 0 Å². The van der Waals surface area contributed by atoms with E-state index in [4.69, 9.17) is 14.6 Å². The molecule has 1 atom stereocenters. The summed E-state index contributed by atoms with van der Waals surface area (Å²) in [6.45, 7) is 4.47. The fourth-order valence-corrected chi connectivity index (χ4v) is 3.00. The number of piperidine rings is 1. The zero-order valence-corrected chi connectivity index (χ0v) is 17.2. The molecule has 172 valence electrons. The van der Waals surface area contributed by atoms with E-state index in [0.29, 0.717) is 18.2 Å². The highest BCUT2D eigenvalue weighted by Gasteiger charge is 2.38. The number of hydrogen-bond acceptors (Lipinski definition) is 8. The van der Waals surface area contributed by atoms with Gasteiger partial charge in [0.1, 0.15) is 0 Å². The Labute approximate surface area is 176 Å². The Morgan fingerprint density at radius 3 is 2.55 bits per heavy atom. The number of hydrogen-bond donors (Lipinski definition) is 2. The van der Waals surface area contributed by atoms with Crippen LogP contribution >= 0.6 is 0 Å². The number of nitrogens with zero attached hydrogens (tertiary/aromatic N) is 6. The zero-order valence-electron chi connectivity index (χ0n) is 17.2. The smallest absolute Gasteiger partial charge is 0.481 e. The number of halogens is 3. The Hall–Kier alpha value is -2.96. The van der Waals surface area contributed by atoms with Crippen molar-refractivity contribution < 1.29 is 32.9 Å². The van der Waals surface area contributed by atoms with Crippen LogP contribution in [0.1, 0.15) is 25.5 Å². The SMILES string of the molecule is COc1ccnc(N2CCC(Cn3cc(CC(C)O)nn3)CC2)n1.O=C(O)C(F)(F)F. The lowest BCUT2D eigenvalue weighted by Gasteiger charge is -2.31. The fraction of sp³-hybridized carbons (Fsp3) is 0.611. The monoisotopic (exact) mass is 446 g/mol. The number of anilines is 1. The van der Waals surface area contributed by atoms with Crippen LogP contribution in [0.4, 0.5) is 19.1 Å². The minimum atomic E-state index is -5.08. The van der Waals surface area contributed by atoms with Crippen LogP contribution in [0.25, 0.3) is 0 Å². The highest BCUT2D eigenvalue weighted by Crippen LogP contribution is 2.23. The molecule has 0 spiro atoms. The molecule has 31 heavy (non-hydrogen) atoms. The summed E-state index contributed by atoms with van der Waals surface area (Å²) >= 11 is 0. The Morgan fingerprint density at radius 2 is 2.00 bits per heavy atom. The van der Waals surface area contributed by atoms with Gasteiger partial charge in [0.25, 0.3) is 0 Å². The minimum Gasteiger partial charge on any atom is -0.481 e. The first kappa shape index (κ1) is 24.3. The van der Waals surface area contributed by atoms with Crippen LogP contribution in [0.15, 0.2) is 18.5 Å². The number of aliphatic carboxylic acids is 1. The molecule has 0 radical (unpaired) electrons. The molecule has 3 rings (SSSR count). The van der Waals surface area contributed by atoms with Gasteiger partial charge in [-0.1, -0.05) is 5.21 Å². The van der Waals surface area contributed by atoms with Crippen molar-refractivity contribution in [2.75, 3.05) is 25.1 Å². The summed E-state index contributed by atoms with van der Waals surface area (Å²) in [6, 6.07) is 1.76. The Bertz CT molecular complexity index is 838. The second kappa shape index (κ2) is 10.9. The van der Waals surface area contributed by atoms with Gasteiger partial charge >= 0.3 is 12.1 Å². The molecule has 1 fully saturated rings. The van der Waals surface area contributed by atoms with Crippen molar-refractivity contribution in [3.05, 3.63) is 24.2 Å². The normalized spacial score (nSPS) is 15.7. The standard InChI is InChI=1S/C16H24N6O2.C2HF3O2/c1-12(23)9-14-11-22(20-19-14)10-13-4-7-21(8-5-13)16-17-6-3-15(18-16)24-2;3-2(4,5)1(6)7/h3,6,11-13,23H,4-5,7-10H2,1-2H3;(H,6,7). The lowest BCUT2D eigenvalue weighted by Crippen LogP contribution is -2.36. The molecular weight excluding hydrogens is 421 g/mol. The lowest BCUT2D eigenvalue weighted by molar-refractivity contribution is -0.192. The van der Waals surface area contributed by atoms with E-state index in [-0.39, 0.29) is 6.10 Å². The zero-order chi connectivity index (χ0) is 23.0. The van der Waals surface area contributed by atoms with Crippen molar-refractivity contribution in [2.24, 2.45) is 5.92 Å². The Kier molecular flexibility index (Phi) is 8.54. The van der Waals surface area contributed by atoms with Crippen molar-refractivity contribution in [1.29, 1.82) is 0 Å². The quantitative estimate of drug-likeness (QED) is 0.679. The van der Waals surface area contributed by atoms with Crippen LogP contribution in [-0.2, 0) is 17.8 Å². The molecule has 0 bridgehead atoms. The predicted octanol–water partition coefficient (Wildman–Crippen LogP) is 1.55. The number of aromatic nitrogens is 5. The molecule has 0 aromatic carbocycles. The number of rotatable bonds is 6. The van der Waals surface area contributed by atoms with E-state index in [2.05, 4.69) is 25.2 Å². The molecule has 0 aliphatic carbocycles. The number of carboxylic acids is 1. The van der Waals surface area contributed by atoms with Gasteiger partial charge in [0, 0.05) is 44.5 Å². The summed E-state index contributed by atoms with van der Waals surface area (Å²) in [6.07, 6.45) is 0.863. The van der Waals surface area contributed by atoms with Crippen LogP contribution in [0.2, 0.25) is 0 Å². The fourth-order valence-electron chi connectivity index (χ4n) is 3.00. The van der Waals surface area contributed by atoms with Gasteiger partial charge in [0.2, 0.25) is 11.8 Å². The van der Waals surface area contributed by atoms with Crippen molar-refractivity contribution in [1.82, 2.24) is 25.0 Å². The van der Waals surface area contributed by atoms with Crippen LogP contribution in [0, 0.1) is 5.92 Å². The number of ether oxygens (including phenoxy) is 1. The summed E-state index contributed by atoms with van der Waals surface area (Å²) in [5.41, 5.74) is 0.840. The predicted molar refractivity (Wildman–Crippen MR) is 103 cm³/mol. The summed E-state index contributed by atoms with van der Waals surface area (Å²) in [4.78, 5) is 19.8. The maximum atomic E-state index is 10.6. The number of carboxylic acid groups (broad SMARTS) is 1. The summed E-state index contributed by atoms with van der Waals surface area (Å²) in [7, 11) is 1.61. The van der Waals surface area contributed by atoms with Crippen molar-refractivity contribution in [3.63, 3.8) is 0 Å². The molecule has 1 unspecified atom stereocenters. The molecule has 10 nitrogen and oxygen atoms in total. The van der Waals surface area contributed by atoms with Gasteiger partial charge in [-0.25, -0.2) is 9.78 Å². The average molecular weight is 446 g/mol. The Morgan fingerprint density at radius 1 is 1.35 bits per heavy atom. The van der Waals surface area contributed by atoms with Crippen LogP contribution in [-0.4, -0.2) is 73.6 Å². The average Bonchev–Trinajstić information content (AvgIpc) is 3.14. The molecule has 2 aromatic heterocycles. The first-order valence-electron chi connectivity index (χ1n) is 9.57. The first-order chi connectivity index (χ1) is 14.6. The second-order valence-corrected chi connectivity index (χ2v) is 7.12. The van der Waals surface area contributed by atoms with E-state index in [1.807, 2.05) is 10.9 Å². The molecule has 1 aliphatic rings. The summed E-state index contributed by atoms with van der Waals surface area (Å²) in [5.74, 6) is -0.872. The molecule has 1 saturated heterocycles. The molecule has 3 heterocycles. The third-order valence-corrected chi connectivity index (χ3v) is 4.50. The number of aliphatic hydroxyl groups is 1. The van der Waals surface area contributed by atoms with Gasteiger partial charge in [0.15, 0.2) is 0 Å². The van der Waals surface area contributed by atoms with Crippen LogP contribution in [0.5, 0.6) is 5.88 Å². The lowest BCUT2D eigenvalue weighted by atomic mass is 9.97. The van der Waals surface area contributed by atoms with E-state index in [1.54, 1.807) is 26.3 Å². The summed E-state index contributed by atoms with van der Waals surface area (Å²) < 4.78 is 38.8. The van der Waals surface area contributed by atoms with Crippen molar-refractivity contribution in [3.8, 4) is 5.88 Å². The number of alkyl halides is 3. The van der Waals surface area contributed by atoms with Crippen LogP contribution < -0.4 is 9.64 Å². The largest absolute Gasteiger partial charge is 0.490 e. The highest BCUT2D eigenvalue weighted by molar-refractivity contribution is 5.73. The maximum Gasteiger partial charge on any atom is 0.490 e.